The van der Waals surface area contributed by atoms with Crippen LogP contribution in [0.3, 0.4) is 0 Å². The molecule has 0 spiro atoms. The molecular formula is C26H30N6O3. The first-order valence-corrected chi connectivity index (χ1v) is 11.7. The molecule has 1 fully saturated rings. The third-order valence-corrected chi connectivity index (χ3v) is 6.01. The number of hydrogen-bond acceptors (Lipinski definition) is 6. The van der Waals surface area contributed by atoms with Gasteiger partial charge in [-0.15, -0.1) is 0 Å². The largest absolute Gasteiger partial charge is 0.391 e. The Balaban J connectivity index is 1.31. The minimum atomic E-state index is -0.484. The van der Waals surface area contributed by atoms with E-state index in [0.29, 0.717) is 23.6 Å². The molecule has 0 aliphatic heterocycles. The molecule has 1 aromatic carbocycles. The maximum atomic E-state index is 12.7. The number of carbonyl (C=O) groups excluding carboxylic acids is 2. The van der Waals surface area contributed by atoms with Crippen LogP contribution in [0, 0.1) is 6.92 Å². The molecule has 2 aromatic heterocycles. The van der Waals surface area contributed by atoms with Crippen LogP contribution in [0.1, 0.15) is 47.2 Å². The molecule has 1 saturated carbocycles. The Kier molecular flexibility index (Phi) is 7.89. The number of pyridine rings is 2. The average Bonchev–Trinajstić information content (AvgIpc) is 2.86. The Morgan fingerprint density at radius 2 is 1.91 bits per heavy atom. The Labute approximate surface area is 204 Å². The molecular weight excluding hydrogens is 444 g/mol. The third kappa shape index (κ3) is 6.77. The lowest BCUT2D eigenvalue weighted by Gasteiger charge is -2.28. The zero-order chi connectivity index (χ0) is 24.6. The van der Waals surface area contributed by atoms with Crippen LogP contribution in [-0.4, -0.2) is 39.2 Å². The van der Waals surface area contributed by atoms with Gasteiger partial charge >= 0.3 is 6.03 Å². The summed E-state index contributed by atoms with van der Waals surface area (Å²) in [5, 5.41) is 21.8. The zero-order valence-electron chi connectivity index (χ0n) is 19.6. The smallest absolute Gasteiger partial charge is 0.324 e. The molecule has 0 unspecified atom stereocenters. The summed E-state index contributed by atoms with van der Waals surface area (Å²) in [7, 11) is 0. The van der Waals surface area contributed by atoms with E-state index in [-0.39, 0.29) is 11.9 Å². The number of carbonyl (C=O) groups is 2. The lowest BCUT2D eigenvalue weighted by molar-refractivity contribution is 0.0717. The van der Waals surface area contributed by atoms with Crippen molar-refractivity contribution in [3.8, 4) is 0 Å². The molecule has 2 heterocycles. The van der Waals surface area contributed by atoms with Gasteiger partial charge in [0.15, 0.2) is 0 Å². The maximum Gasteiger partial charge on any atom is 0.324 e. The van der Waals surface area contributed by atoms with Crippen LogP contribution >= 0.6 is 0 Å². The average molecular weight is 475 g/mol. The van der Waals surface area contributed by atoms with E-state index in [9.17, 15) is 14.7 Å². The Bertz CT molecular complexity index is 1150. The van der Waals surface area contributed by atoms with Crippen LogP contribution in [-0.2, 0) is 6.54 Å². The number of nitrogens with zero attached hydrogens (tertiary/aromatic N) is 2. The number of hydrogen-bond donors (Lipinski definition) is 5. The number of anilines is 3. The van der Waals surface area contributed by atoms with Crippen molar-refractivity contribution < 1.29 is 14.7 Å². The second-order valence-corrected chi connectivity index (χ2v) is 8.69. The predicted molar refractivity (Wildman–Crippen MR) is 135 cm³/mol. The summed E-state index contributed by atoms with van der Waals surface area (Å²) < 4.78 is 0. The Hall–Kier alpha value is -3.98. The number of rotatable bonds is 7. The fourth-order valence-corrected chi connectivity index (χ4v) is 4.00. The SMILES string of the molecule is Cc1ccc(C(=O)N[C@H]2CCCC[C@@H]2O)cc1NCc1ccc(NC(=O)Nc2cccnc2)nc1. The van der Waals surface area contributed by atoms with Gasteiger partial charge in [-0.3, -0.25) is 15.1 Å². The van der Waals surface area contributed by atoms with Crippen LogP contribution in [0.15, 0.2) is 61.1 Å². The molecule has 0 saturated heterocycles. The molecule has 0 bridgehead atoms. The summed E-state index contributed by atoms with van der Waals surface area (Å²) in [4.78, 5) is 33.1. The lowest BCUT2D eigenvalue weighted by atomic mass is 9.92. The van der Waals surface area contributed by atoms with Crippen molar-refractivity contribution in [3.05, 3.63) is 77.7 Å². The summed E-state index contributed by atoms with van der Waals surface area (Å²) in [5.41, 5.74) is 3.92. The summed E-state index contributed by atoms with van der Waals surface area (Å²) in [6.07, 6.45) is 7.92. The van der Waals surface area contributed by atoms with Gasteiger partial charge in [-0.25, -0.2) is 9.78 Å². The summed E-state index contributed by atoms with van der Waals surface area (Å²) in [5.74, 6) is 0.246. The molecule has 35 heavy (non-hydrogen) atoms. The highest BCUT2D eigenvalue weighted by Crippen LogP contribution is 2.21. The summed E-state index contributed by atoms with van der Waals surface area (Å²) >= 11 is 0. The second kappa shape index (κ2) is 11.4. The third-order valence-electron chi connectivity index (χ3n) is 6.01. The van der Waals surface area contributed by atoms with Crippen LogP contribution in [0.2, 0.25) is 0 Å². The molecule has 3 amide bonds. The van der Waals surface area contributed by atoms with E-state index in [1.54, 1.807) is 42.9 Å². The number of aliphatic hydroxyl groups is 1. The molecule has 9 nitrogen and oxygen atoms in total. The molecule has 1 aliphatic rings. The molecule has 9 heteroatoms. The van der Waals surface area contributed by atoms with Crippen molar-refractivity contribution in [3.63, 3.8) is 0 Å². The summed E-state index contributed by atoms with van der Waals surface area (Å²) in [6.45, 7) is 2.48. The highest BCUT2D eigenvalue weighted by molar-refractivity contribution is 5.99. The first-order chi connectivity index (χ1) is 17.0. The Morgan fingerprint density at radius 1 is 1.06 bits per heavy atom. The van der Waals surface area contributed by atoms with Gasteiger partial charge in [0.25, 0.3) is 5.91 Å². The van der Waals surface area contributed by atoms with Gasteiger partial charge in [-0.1, -0.05) is 25.0 Å². The highest BCUT2D eigenvalue weighted by Gasteiger charge is 2.25. The number of aliphatic hydroxyl groups excluding tert-OH is 1. The van der Waals surface area contributed by atoms with Gasteiger partial charge in [-0.2, -0.15) is 0 Å². The van der Waals surface area contributed by atoms with Crippen LogP contribution in [0.5, 0.6) is 0 Å². The van der Waals surface area contributed by atoms with Crippen molar-refractivity contribution >= 4 is 29.1 Å². The van der Waals surface area contributed by atoms with E-state index in [0.717, 1.165) is 42.5 Å². The number of aromatic nitrogens is 2. The number of amides is 3. The van der Waals surface area contributed by atoms with Crippen molar-refractivity contribution in [2.24, 2.45) is 0 Å². The van der Waals surface area contributed by atoms with Gasteiger partial charge in [0.05, 0.1) is 24.0 Å². The van der Waals surface area contributed by atoms with Crippen molar-refractivity contribution in [1.82, 2.24) is 15.3 Å². The minimum Gasteiger partial charge on any atom is -0.391 e. The number of benzene rings is 1. The molecule has 1 aliphatic carbocycles. The van der Waals surface area contributed by atoms with Gasteiger partial charge in [0, 0.05) is 30.2 Å². The first kappa shape index (κ1) is 24.2. The van der Waals surface area contributed by atoms with E-state index in [1.165, 1.54) is 0 Å². The highest BCUT2D eigenvalue weighted by atomic mass is 16.3. The molecule has 5 N–H and O–H groups in total. The molecule has 3 aromatic rings. The maximum absolute atomic E-state index is 12.7. The number of aryl methyl sites for hydroxylation is 1. The topological polar surface area (TPSA) is 128 Å². The monoisotopic (exact) mass is 474 g/mol. The van der Waals surface area contributed by atoms with Gasteiger partial charge < -0.3 is 21.1 Å². The van der Waals surface area contributed by atoms with E-state index in [1.807, 2.05) is 25.1 Å². The predicted octanol–water partition coefficient (Wildman–Crippen LogP) is 4.07. The number of nitrogens with one attached hydrogen (secondary N) is 4. The van der Waals surface area contributed by atoms with E-state index < -0.39 is 12.1 Å². The van der Waals surface area contributed by atoms with Gasteiger partial charge in [0.2, 0.25) is 0 Å². The normalized spacial score (nSPS) is 17.3. The van der Waals surface area contributed by atoms with Crippen molar-refractivity contribution in [2.45, 2.75) is 51.3 Å². The van der Waals surface area contributed by atoms with Crippen molar-refractivity contribution in [1.29, 1.82) is 0 Å². The fraction of sp³-hybridized carbons (Fsp3) is 0.308. The quantitative estimate of drug-likeness (QED) is 0.351. The molecule has 182 valence electrons. The lowest BCUT2D eigenvalue weighted by Crippen LogP contribution is -2.45. The van der Waals surface area contributed by atoms with E-state index in [4.69, 9.17) is 0 Å². The molecule has 4 rings (SSSR count). The van der Waals surface area contributed by atoms with Crippen molar-refractivity contribution in [2.75, 3.05) is 16.0 Å². The van der Waals surface area contributed by atoms with Crippen LogP contribution < -0.4 is 21.3 Å². The molecule has 2 atom stereocenters. The second-order valence-electron chi connectivity index (χ2n) is 8.69. The first-order valence-electron chi connectivity index (χ1n) is 11.7. The zero-order valence-corrected chi connectivity index (χ0v) is 19.6. The summed E-state index contributed by atoms with van der Waals surface area (Å²) in [6, 6.07) is 12.0. The van der Waals surface area contributed by atoms with Crippen LogP contribution in [0.4, 0.5) is 22.0 Å². The van der Waals surface area contributed by atoms with Gasteiger partial charge in [-0.05, 0) is 61.2 Å². The van der Waals surface area contributed by atoms with Crippen LogP contribution in [0.25, 0.3) is 0 Å². The van der Waals surface area contributed by atoms with E-state index in [2.05, 4.69) is 31.2 Å². The van der Waals surface area contributed by atoms with E-state index >= 15 is 0 Å². The minimum absolute atomic E-state index is 0.180. The Morgan fingerprint density at radius 3 is 2.66 bits per heavy atom. The fourth-order valence-electron chi connectivity index (χ4n) is 4.00. The standard InChI is InChI=1S/C26H30N6O3/c1-17-8-10-19(25(34)31-21-6-2-3-7-23(21)33)13-22(17)28-14-18-9-11-24(29-15-18)32-26(35)30-20-5-4-12-27-16-20/h4-5,8-13,15-16,21,23,28,33H,2-3,6-7,14H2,1H3,(H,31,34)(H2,29,30,32,35)/t21-,23-/m0/s1. The molecule has 0 radical (unpaired) electrons. The van der Waals surface area contributed by atoms with Gasteiger partial charge in [0.1, 0.15) is 5.82 Å². The number of urea groups is 1.